The van der Waals surface area contributed by atoms with Crippen LogP contribution < -0.4 is 4.74 Å². The summed E-state index contributed by atoms with van der Waals surface area (Å²) >= 11 is 5.82. The van der Waals surface area contributed by atoms with E-state index < -0.39 is 28.1 Å². The summed E-state index contributed by atoms with van der Waals surface area (Å²) in [6.07, 6.45) is 2.90. The third-order valence-corrected chi connectivity index (χ3v) is 5.26. The fourth-order valence-corrected chi connectivity index (χ4v) is 3.99. The van der Waals surface area contributed by atoms with Gasteiger partial charge in [0.2, 0.25) is 0 Å². The molecule has 2 aromatic rings. The molecule has 1 aromatic carbocycles. The van der Waals surface area contributed by atoms with Gasteiger partial charge in [-0.3, -0.25) is 4.98 Å². The normalized spacial score (nSPS) is 18.6. The number of fused-ring (bicyclic) bond motifs is 1. The first kappa shape index (κ1) is 17.8. The molecule has 0 aliphatic heterocycles. The molecule has 1 aliphatic rings. The predicted molar refractivity (Wildman–Crippen MR) is 86.3 cm³/mol. The van der Waals surface area contributed by atoms with Crippen LogP contribution in [0.25, 0.3) is 0 Å². The molecule has 25 heavy (non-hydrogen) atoms. The van der Waals surface area contributed by atoms with Gasteiger partial charge in [-0.25, -0.2) is 17.2 Å². The number of benzene rings is 1. The van der Waals surface area contributed by atoms with Crippen molar-refractivity contribution in [1.29, 1.82) is 0 Å². The molecule has 0 N–H and O–H groups in total. The lowest BCUT2D eigenvalue weighted by atomic mass is 10.0. The highest BCUT2D eigenvalue weighted by Gasteiger charge is 2.51. The van der Waals surface area contributed by atoms with Gasteiger partial charge in [0.05, 0.1) is 16.1 Å². The van der Waals surface area contributed by atoms with Crippen molar-refractivity contribution in [2.45, 2.75) is 23.2 Å². The Morgan fingerprint density at radius 1 is 1.36 bits per heavy atom. The van der Waals surface area contributed by atoms with Crippen molar-refractivity contribution >= 4 is 27.7 Å². The molecule has 1 atom stereocenters. The number of hydrogen-bond acceptors (Lipinski definition) is 5. The molecule has 1 aromatic heterocycles. The van der Waals surface area contributed by atoms with Crippen molar-refractivity contribution in [2.75, 3.05) is 6.26 Å². The zero-order chi connectivity index (χ0) is 18.4. The van der Waals surface area contributed by atoms with Gasteiger partial charge in [0.15, 0.2) is 9.84 Å². The van der Waals surface area contributed by atoms with E-state index >= 15 is 0 Å². The van der Waals surface area contributed by atoms with Crippen molar-refractivity contribution in [3.63, 3.8) is 0 Å². The lowest BCUT2D eigenvalue weighted by Crippen LogP contribution is -2.23. The van der Waals surface area contributed by atoms with E-state index in [1.54, 1.807) is 0 Å². The number of alkyl halides is 2. The zero-order valence-electron chi connectivity index (χ0n) is 12.9. The van der Waals surface area contributed by atoms with Gasteiger partial charge in [0.1, 0.15) is 23.7 Å². The fourth-order valence-electron chi connectivity index (χ4n) is 2.87. The number of nitrogens with zero attached hydrogens (tertiary/aromatic N) is 1. The molecule has 9 heteroatoms. The molecule has 0 radical (unpaired) electrons. The van der Waals surface area contributed by atoms with Crippen LogP contribution in [0.1, 0.15) is 17.0 Å². The van der Waals surface area contributed by atoms with Gasteiger partial charge < -0.3 is 9.53 Å². The summed E-state index contributed by atoms with van der Waals surface area (Å²) in [6.45, 7) is 0. The van der Waals surface area contributed by atoms with Gasteiger partial charge in [-0.2, -0.15) is 0 Å². The third kappa shape index (κ3) is 3.23. The smallest absolute Gasteiger partial charge is 0.265 e. The summed E-state index contributed by atoms with van der Waals surface area (Å²) in [5.41, 5.74) is -0.222. The highest BCUT2D eigenvalue weighted by atomic mass is 35.5. The summed E-state index contributed by atoms with van der Waals surface area (Å²) in [5.74, 6) is -4.99. The minimum atomic E-state index is -3.80. The van der Waals surface area contributed by atoms with Crippen LogP contribution in [0.4, 0.5) is 8.78 Å². The second-order valence-corrected chi connectivity index (χ2v) is 8.14. The molecule has 0 bridgehead atoms. The van der Waals surface area contributed by atoms with Gasteiger partial charge in [0.25, 0.3) is 5.92 Å². The Bertz CT molecular complexity index is 963. The SMILES string of the molecule is CS(=O)(=O)c1ccc(Oc2cncc(Cl)c2)c2c1C(C=O)C(F)(F)C2. The van der Waals surface area contributed by atoms with Crippen molar-refractivity contribution in [1.82, 2.24) is 4.98 Å². The van der Waals surface area contributed by atoms with Crippen LogP contribution in [-0.2, 0) is 21.1 Å². The van der Waals surface area contributed by atoms with E-state index in [9.17, 15) is 22.0 Å². The molecule has 0 spiro atoms. The third-order valence-electron chi connectivity index (χ3n) is 3.90. The number of carbonyl (C=O) groups is 1. The van der Waals surface area contributed by atoms with Crippen LogP contribution in [0.2, 0.25) is 5.02 Å². The quantitative estimate of drug-likeness (QED) is 0.752. The lowest BCUT2D eigenvalue weighted by molar-refractivity contribution is -0.116. The maximum atomic E-state index is 14.2. The molecular weight excluding hydrogens is 376 g/mol. The summed E-state index contributed by atoms with van der Waals surface area (Å²) in [4.78, 5) is 14.8. The van der Waals surface area contributed by atoms with Gasteiger partial charge >= 0.3 is 0 Å². The average Bonchev–Trinajstić information content (AvgIpc) is 2.76. The standard InChI is InChI=1S/C16H12ClF2NO4S/c1-25(22,23)14-3-2-13(24-10-4-9(17)6-20-7-10)11-5-16(18,19)12(8-21)15(11)14/h2-4,6-8,12H,5H2,1H3. The van der Waals surface area contributed by atoms with Gasteiger partial charge in [-0.15, -0.1) is 0 Å². The van der Waals surface area contributed by atoms with Crippen LogP contribution in [0, 0.1) is 0 Å². The van der Waals surface area contributed by atoms with Crippen LogP contribution in [0.15, 0.2) is 35.5 Å². The highest BCUT2D eigenvalue weighted by Crippen LogP contribution is 2.50. The monoisotopic (exact) mass is 387 g/mol. The van der Waals surface area contributed by atoms with Crippen LogP contribution >= 0.6 is 11.6 Å². The Kier molecular flexibility index (Phi) is 4.28. The van der Waals surface area contributed by atoms with E-state index in [2.05, 4.69) is 4.98 Å². The average molecular weight is 388 g/mol. The van der Waals surface area contributed by atoms with E-state index in [-0.39, 0.29) is 38.8 Å². The number of halogens is 3. The number of aldehydes is 1. The fraction of sp³-hybridized carbons (Fsp3) is 0.250. The molecule has 132 valence electrons. The molecule has 3 rings (SSSR count). The predicted octanol–water partition coefficient (Wildman–Crippen LogP) is 3.40. The van der Waals surface area contributed by atoms with Crippen molar-refractivity contribution in [3.8, 4) is 11.5 Å². The van der Waals surface area contributed by atoms with Crippen molar-refractivity contribution < 1.29 is 26.7 Å². The van der Waals surface area contributed by atoms with E-state index in [0.29, 0.717) is 0 Å². The molecule has 1 heterocycles. The largest absolute Gasteiger partial charge is 0.455 e. The maximum absolute atomic E-state index is 14.2. The summed E-state index contributed by atoms with van der Waals surface area (Å²) in [7, 11) is -3.80. The first-order chi connectivity index (χ1) is 11.6. The van der Waals surface area contributed by atoms with Crippen LogP contribution in [-0.4, -0.2) is 31.9 Å². The topological polar surface area (TPSA) is 73.3 Å². The Balaban J connectivity index is 2.18. The van der Waals surface area contributed by atoms with Crippen LogP contribution in [0.3, 0.4) is 0 Å². The molecule has 0 fully saturated rings. The minimum Gasteiger partial charge on any atom is -0.455 e. The van der Waals surface area contributed by atoms with E-state index in [0.717, 1.165) is 6.26 Å². The van der Waals surface area contributed by atoms with Crippen LogP contribution in [0.5, 0.6) is 11.5 Å². The number of hydrogen-bond donors (Lipinski definition) is 0. The van der Waals surface area contributed by atoms with E-state index in [1.807, 2.05) is 0 Å². The number of ether oxygens (including phenoxy) is 1. The first-order valence-corrected chi connectivity index (χ1v) is 9.38. The Morgan fingerprint density at radius 3 is 2.68 bits per heavy atom. The summed E-state index contributed by atoms with van der Waals surface area (Å²) in [5, 5.41) is 0.290. The van der Waals surface area contributed by atoms with E-state index in [4.69, 9.17) is 16.3 Å². The van der Waals surface area contributed by atoms with Gasteiger partial charge in [-0.05, 0) is 17.7 Å². The molecule has 1 aliphatic carbocycles. The second-order valence-electron chi connectivity index (χ2n) is 5.72. The molecule has 1 unspecified atom stereocenters. The number of pyridine rings is 1. The zero-order valence-corrected chi connectivity index (χ0v) is 14.4. The first-order valence-electron chi connectivity index (χ1n) is 7.11. The number of aromatic nitrogens is 1. The lowest BCUT2D eigenvalue weighted by Gasteiger charge is -2.15. The molecule has 0 saturated heterocycles. The molecule has 0 saturated carbocycles. The second kappa shape index (κ2) is 6.03. The molecular formula is C16H12ClF2NO4S. The minimum absolute atomic E-state index is 0.00926. The Hall–Kier alpha value is -2.06. The highest BCUT2D eigenvalue weighted by molar-refractivity contribution is 7.90. The Morgan fingerprint density at radius 2 is 2.08 bits per heavy atom. The number of sulfone groups is 1. The Labute approximate surface area is 147 Å². The summed E-state index contributed by atoms with van der Waals surface area (Å²) in [6, 6.07) is 3.90. The summed E-state index contributed by atoms with van der Waals surface area (Å²) < 4.78 is 57.9. The molecule has 5 nitrogen and oxygen atoms in total. The van der Waals surface area contributed by atoms with E-state index in [1.165, 1.54) is 30.6 Å². The van der Waals surface area contributed by atoms with Crippen molar-refractivity contribution in [2.24, 2.45) is 0 Å². The number of carbonyl (C=O) groups excluding carboxylic acids is 1. The number of rotatable bonds is 4. The maximum Gasteiger partial charge on any atom is 0.265 e. The van der Waals surface area contributed by atoms with Gasteiger partial charge in [-0.1, -0.05) is 11.6 Å². The molecule has 0 amide bonds. The van der Waals surface area contributed by atoms with Crippen molar-refractivity contribution in [3.05, 3.63) is 46.7 Å². The van der Waals surface area contributed by atoms with Gasteiger partial charge in [0, 0.05) is 30.5 Å².